The van der Waals surface area contributed by atoms with Gasteiger partial charge in [-0.2, -0.15) is 0 Å². The molecule has 0 aliphatic rings. The molecule has 1 rings (SSSR count). The molecule has 0 saturated carbocycles. The molecule has 0 aliphatic carbocycles. The van der Waals surface area contributed by atoms with Gasteiger partial charge >= 0.3 is 0 Å². The van der Waals surface area contributed by atoms with Crippen LogP contribution < -0.4 is 5.73 Å². The van der Waals surface area contributed by atoms with Crippen molar-refractivity contribution in [3.63, 3.8) is 0 Å². The molecule has 0 bridgehead atoms. The van der Waals surface area contributed by atoms with E-state index in [-0.39, 0.29) is 5.84 Å². The molecule has 0 unspecified atom stereocenters. The van der Waals surface area contributed by atoms with Crippen molar-refractivity contribution in [1.82, 2.24) is 4.90 Å². The molecule has 0 spiro atoms. The smallest absolute Gasteiger partial charge is 0.122 e. The standard InChI is InChI=1S/C16H27N3/c1-12(2)9-19(10-13(3)4)11-14-6-5-7-15(8-14)16(17)18/h5-8,12-13H,9-11H2,1-4H3,(H3,17,18). The van der Waals surface area contributed by atoms with Crippen molar-refractivity contribution in [2.45, 2.75) is 34.2 Å². The van der Waals surface area contributed by atoms with Gasteiger partial charge in [0.2, 0.25) is 0 Å². The van der Waals surface area contributed by atoms with Crippen LogP contribution in [-0.4, -0.2) is 23.8 Å². The van der Waals surface area contributed by atoms with E-state index in [9.17, 15) is 0 Å². The Morgan fingerprint density at radius 3 is 2.21 bits per heavy atom. The van der Waals surface area contributed by atoms with Crippen molar-refractivity contribution in [2.75, 3.05) is 13.1 Å². The Kier molecular flexibility index (Phi) is 6.03. The number of hydrogen-bond donors (Lipinski definition) is 2. The summed E-state index contributed by atoms with van der Waals surface area (Å²) in [4.78, 5) is 2.48. The fraction of sp³-hybridized carbons (Fsp3) is 0.562. The molecule has 0 aliphatic heterocycles. The Balaban J connectivity index is 2.77. The molecule has 3 nitrogen and oxygen atoms in total. The molecule has 3 heteroatoms. The summed E-state index contributed by atoms with van der Waals surface area (Å²) in [7, 11) is 0. The maximum Gasteiger partial charge on any atom is 0.122 e. The monoisotopic (exact) mass is 261 g/mol. The van der Waals surface area contributed by atoms with Gasteiger partial charge < -0.3 is 5.73 Å². The van der Waals surface area contributed by atoms with Gasteiger partial charge in [-0.25, -0.2) is 0 Å². The van der Waals surface area contributed by atoms with Gasteiger partial charge in [0, 0.05) is 25.2 Å². The van der Waals surface area contributed by atoms with Crippen LogP contribution in [0.15, 0.2) is 24.3 Å². The summed E-state index contributed by atoms with van der Waals surface area (Å²) >= 11 is 0. The van der Waals surface area contributed by atoms with Crippen LogP contribution in [0.25, 0.3) is 0 Å². The van der Waals surface area contributed by atoms with Gasteiger partial charge in [-0.15, -0.1) is 0 Å². The molecule has 1 aromatic carbocycles. The normalized spacial score (nSPS) is 11.5. The molecule has 0 saturated heterocycles. The number of hydrogen-bond acceptors (Lipinski definition) is 2. The van der Waals surface area contributed by atoms with E-state index in [2.05, 4.69) is 38.7 Å². The van der Waals surface area contributed by atoms with E-state index in [1.807, 2.05) is 18.2 Å². The van der Waals surface area contributed by atoms with Crippen molar-refractivity contribution in [1.29, 1.82) is 5.41 Å². The third-order valence-electron chi connectivity index (χ3n) is 2.89. The molecule has 0 fully saturated rings. The van der Waals surface area contributed by atoms with Crippen LogP contribution in [0.1, 0.15) is 38.8 Å². The molecular weight excluding hydrogens is 234 g/mol. The van der Waals surface area contributed by atoms with E-state index in [1.54, 1.807) is 0 Å². The lowest BCUT2D eigenvalue weighted by atomic mass is 10.1. The molecular formula is C16H27N3. The second-order valence-electron chi connectivity index (χ2n) is 6.10. The number of rotatable bonds is 7. The zero-order chi connectivity index (χ0) is 14.4. The van der Waals surface area contributed by atoms with Gasteiger partial charge in [0.25, 0.3) is 0 Å². The fourth-order valence-electron chi connectivity index (χ4n) is 2.33. The van der Waals surface area contributed by atoms with Crippen molar-refractivity contribution in [3.05, 3.63) is 35.4 Å². The zero-order valence-electron chi connectivity index (χ0n) is 12.6. The van der Waals surface area contributed by atoms with Gasteiger partial charge in [0.1, 0.15) is 5.84 Å². The molecule has 106 valence electrons. The lowest BCUT2D eigenvalue weighted by Crippen LogP contribution is -2.31. The van der Waals surface area contributed by atoms with Gasteiger partial charge in [0.15, 0.2) is 0 Å². The molecule has 0 radical (unpaired) electrons. The minimum atomic E-state index is 0.140. The summed E-state index contributed by atoms with van der Waals surface area (Å²) in [5.41, 5.74) is 7.59. The van der Waals surface area contributed by atoms with Gasteiger partial charge in [-0.1, -0.05) is 45.9 Å². The first-order valence-corrected chi connectivity index (χ1v) is 7.04. The summed E-state index contributed by atoms with van der Waals surface area (Å²) in [6.07, 6.45) is 0. The minimum absolute atomic E-state index is 0.140. The molecule has 0 aromatic heterocycles. The van der Waals surface area contributed by atoms with Crippen LogP contribution in [0.2, 0.25) is 0 Å². The first-order chi connectivity index (χ1) is 8.88. The molecule has 0 atom stereocenters. The average molecular weight is 261 g/mol. The van der Waals surface area contributed by atoms with E-state index in [0.29, 0.717) is 11.8 Å². The van der Waals surface area contributed by atoms with Crippen LogP contribution in [-0.2, 0) is 6.54 Å². The maximum absolute atomic E-state index is 7.50. The fourth-order valence-corrected chi connectivity index (χ4v) is 2.33. The summed E-state index contributed by atoms with van der Waals surface area (Å²) in [6, 6.07) is 8.01. The van der Waals surface area contributed by atoms with E-state index < -0.39 is 0 Å². The zero-order valence-corrected chi connectivity index (χ0v) is 12.6. The first kappa shape index (κ1) is 15.7. The third-order valence-corrected chi connectivity index (χ3v) is 2.89. The average Bonchev–Trinajstić information content (AvgIpc) is 2.27. The number of amidine groups is 1. The van der Waals surface area contributed by atoms with Crippen molar-refractivity contribution in [2.24, 2.45) is 17.6 Å². The highest BCUT2D eigenvalue weighted by Gasteiger charge is 2.10. The van der Waals surface area contributed by atoms with Gasteiger partial charge in [-0.3, -0.25) is 10.3 Å². The van der Waals surface area contributed by atoms with Gasteiger partial charge in [0.05, 0.1) is 0 Å². The number of nitrogen functional groups attached to an aromatic ring is 1. The summed E-state index contributed by atoms with van der Waals surface area (Å²) in [5.74, 6) is 1.46. The lowest BCUT2D eigenvalue weighted by molar-refractivity contribution is 0.211. The minimum Gasteiger partial charge on any atom is -0.384 e. The Bertz CT molecular complexity index is 400. The highest BCUT2D eigenvalue weighted by atomic mass is 15.1. The SMILES string of the molecule is CC(C)CN(Cc1cccc(C(=N)N)c1)CC(C)C. The van der Waals surface area contributed by atoms with Crippen molar-refractivity contribution >= 4 is 5.84 Å². The third kappa shape index (κ3) is 5.88. The van der Waals surface area contributed by atoms with Crippen LogP contribution >= 0.6 is 0 Å². The molecule has 1 aromatic rings. The van der Waals surface area contributed by atoms with Gasteiger partial charge in [-0.05, 0) is 23.5 Å². The number of nitrogens with two attached hydrogens (primary N) is 1. The van der Waals surface area contributed by atoms with E-state index in [4.69, 9.17) is 11.1 Å². The number of benzene rings is 1. The summed E-state index contributed by atoms with van der Waals surface area (Å²) in [5, 5.41) is 7.50. The number of nitrogens with zero attached hydrogens (tertiary/aromatic N) is 1. The maximum atomic E-state index is 7.50. The van der Waals surface area contributed by atoms with Crippen molar-refractivity contribution in [3.8, 4) is 0 Å². The van der Waals surface area contributed by atoms with Crippen LogP contribution in [0.4, 0.5) is 0 Å². The molecule has 19 heavy (non-hydrogen) atoms. The van der Waals surface area contributed by atoms with Crippen LogP contribution in [0, 0.1) is 17.2 Å². The van der Waals surface area contributed by atoms with Crippen LogP contribution in [0.3, 0.4) is 0 Å². The Labute approximate surface area is 117 Å². The predicted molar refractivity (Wildman–Crippen MR) is 82.4 cm³/mol. The number of nitrogens with one attached hydrogen (secondary N) is 1. The predicted octanol–water partition coefficient (Wildman–Crippen LogP) is 3.08. The molecule has 3 N–H and O–H groups in total. The van der Waals surface area contributed by atoms with Crippen molar-refractivity contribution < 1.29 is 0 Å². The first-order valence-electron chi connectivity index (χ1n) is 7.04. The highest BCUT2D eigenvalue weighted by molar-refractivity contribution is 5.95. The quantitative estimate of drug-likeness (QED) is 0.585. The Morgan fingerprint density at radius 1 is 1.16 bits per heavy atom. The topological polar surface area (TPSA) is 53.1 Å². The largest absolute Gasteiger partial charge is 0.384 e. The Morgan fingerprint density at radius 2 is 1.74 bits per heavy atom. The van der Waals surface area contributed by atoms with E-state index in [1.165, 1.54) is 5.56 Å². The summed E-state index contributed by atoms with van der Waals surface area (Å²) in [6.45, 7) is 12.1. The second-order valence-corrected chi connectivity index (χ2v) is 6.10. The Hall–Kier alpha value is -1.35. The molecule has 0 amide bonds. The second kappa shape index (κ2) is 7.29. The van der Waals surface area contributed by atoms with E-state index >= 15 is 0 Å². The highest BCUT2D eigenvalue weighted by Crippen LogP contribution is 2.11. The summed E-state index contributed by atoms with van der Waals surface area (Å²) < 4.78 is 0. The molecule has 0 heterocycles. The van der Waals surface area contributed by atoms with E-state index in [0.717, 1.165) is 25.2 Å². The lowest BCUT2D eigenvalue weighted by Gasteiger charge is -2.26. The van der Waals surface area contributed by atoms with Crippen LogP contribution in [0.5, 0.6) is 0 Å².